The molecular formula is C42H62F2N4O2. The number of halogens is 2. The number of benzene rings is 1. The van der Waals surface area contributed by atoms with Gasteiger partial charge in [0.25, 0.3) is 0 Å². The van der Waals surface area contributed by atoms with Crippen LogP contribution in [0.2, 0.25) is 0 Å². The van der Waals surface area contributed by atoms with Gasteiger partial charge in [0.15, 0.2) is 0 Å². The minimum atomic E-state index is -0.651. The smallest absolute Gasteiger partial charge is 0.410 e. The zero-order chi connectivity index (χ0) is 38.1. The first-order valence-electron chi connectivity index (χ1n) is 17.9. The van der Waals surface area contributed by atoms with E-state index in [4.69, 9.17) is 14.7 Å². The van der Waals surface area contributed by atoms with E-state index in [0.29, 0.717) is 43.9 Å². The van der Waals surface area contributed by atoms with E-state index in [2.05, 4.69) is 64.1 Å². The Bertz CT molecular complexity index is 1440. The molecule has 0 saturated carbocycles. The summed E-state index contributed by atoms with van der Waals surface area (Å²) in [4.78, 5) is 27.0. The van der Waals surface area contributed by atoms with Gasteiger partial charge in [-0.2, -0.15) is 0 Å². The van der Waals surface area contributed by atoms with Crippen molar-refractivity contribution >= 4 is 23.1 Å². The number of amides is 1. The Morgan fingerprint density at radius 1 is 1.08 bits per heavy atom. The molecule has 0 radical (unpaired) electrons. The normalized spacial score (nSPS) is 18.7. The van der Waals surface area contributed by atoms with Gasteiger partial charge in [-0.05, 0) is 77.2 Å². The van der Waals surface area contributed by atoms with Crippen LogP contribution in [0.4, 0.5) is 13.6 Å². The fourth-order valence-electron chi connectivity index (χ4n) is 6.20. The summed E-state index contributed by atoms with van der Waals surface area (Å²) < 4.78 is 34.3. The lowest BCUT2D eigenvalue weighted by Crippen LogP contribution is -2.50. The molecule has 50 heavy (non-hydrogen) atoms. The van der Waals surface area contributed by atoms with E-state index < -0.39 is 22.7 Å². The largest absolute Gasteiger partial charge is 0.443 e. The maximum Gasteiger partial charge on any atom is 0.410 e. The Labute approximate surface area is 301 Å². The molecule has 2 aliphatic rings. The topological polar surface area (TPSA) is 57.5 Å². The second-order valence-corrected chi connectivity index (χ2v) is 12.9. The van der Waals surface area contributed by atoms with Crippen LogP contribution < -0.4 is 0 Å². The molecule has 0 N–H and O–H groups in total. The molecule has 3 rings (SSSR count). The summed E-state index contributed by atoms with van der Waals surface area (Å²) >= 11 is 0. The average molecular weight is 693 g/mol. The van der Waals surface area contributed by atoms with Crippen LogP contribution in [0.1, 0.15) is 100.0 Å². The zero-order valence-corrected chi connectivity index (χ0v) is 32.3. The average Bonchev–Trinajstić information content (AvgIpc) is 3.29. The highest BCUT2D eigenvalue weighted by Crippen LogP contribution is 2.37. The standard InChI is InChI=1S/C38H52F2N4O2.C2H6.C2H4/c1-10-16-37(7,8)46-36(45)44-21-19-43(20-22-44)28(6)34(32(11-2)35-38(9,12-3)17-14-15-18-42-35)33(41-13-4)23-27(5)29-24-30(39)26-31(40)25-29;2*1-2/h11-12,15,18,24-26H,3,5,10,13-14,16-17,19-23H2,1-2,4,6-9H3;1-2H3;1-2H2/b32-11+,34-28+,41-33?;;. The fraction of sp³-hybridized carbons (Fsp3) is 0.500. The SMILES string of the molecule is C=C.C=CC1(C)CCC=CN=C1C(=C/C)/C(C(CC(=C)c1cc(F)cc(F)c1)=NCC)=C(/C)N1CCN(C(=O)OC(C)(C)CCC)CC1.CC. The van der Waals surface area contributed by atoms with Crippen molar-refractivity contribution in [3.63, 3.8) is 0 Å². The van der Waals surface area contributed by atoms with E-state index in [1.807, 2.05) is 53.8 Å². The van der Waals surface area contributed by atoms with Gasteiger partial charge >= 0.3 is 6.09 Å². The molecule has 0 aliphatic carbocycles. The molecule has 8 heteroatoms. The van der Waals surface area contributed by atoms with Gasteiger partial charge in [0.2, 0.25) is 0 Å². The van der Waals surface area contributed by atoms with Gasteiger partial charge in [-0.15, -0.1) is 19.7 Å². The molecule has 276 valence electrons. The summed E-state index contributed by atoms with van der Waals surface area (Å²) in [5, 5.41) is 0. The van der Waals surface area contributed by atoms with Gasteiger partial charge in [0.05, 0.1) is 5.71 Å². The minimum Gasteiger partial charge on any atom is -0.443 e. The van der Waals surface area contributed by atoms with E-state index >= 15 is 0 Å². The molecule has 0 bridgehead atoms. The summed E-state index contributed by atoms with van der Waals surface area (Å²) in [5.41, 5.74) is 4.51. The van der Waals surface area contributed by atoms with Gasteiger partial charge < -0.3 is 14.5 Å². The van der Waals surface area contributed by atoms with E-state index in [0.717, 1.165) is 60.0 Å². The van der Waals surface area contributed by atoms with E-state index in [-0.39, 0.29) is 12.5 Å². The number of allylic oxidation sites excluding steroid dienone is 7. The van der Waals surface area contributed by atoms with E-state index in [1.165, 1.54) is 12.1 Å². The van der Waals surface area contributed by atoms with Crippen molar-refractivity contribution < 1.29 is 18.3 Å². The molecule has 1 amide bonds. The minimum absolute atomic E-state index is 0.285. The number of ether oxygens (including phenoxy) is 1. The number of hydrogen-bond acceptors (Lipinski definition) is 5. The van der Waals surface area contributed by atoms with Crippen molar-refractivity contribution in [2.45, 2.75) is 100 Å². The third-order valence-electron chi connectivity index (χ3n) is 8.82. The summed E-state index contributed by atoms with van der Waals surface area (Å²) in [6.07, 6.45) is 11.4. The number of rotatable bonds is 12. The lowest BCUT2D eigenvalue weighted by molar-refractivity contribution is 0.00157. The Balaban J connectivity index is 0.00000301. The number of hydrogen-bond donors (Lipinski definition) is 0. The van der Waals surface area contributed by atoms with Crippen LogP contribution >= 0.6 is 0 Å². The quantitative estimate of drug-likeness (QED) is 0.124. The first kappa shape index (κ1) is 44.0. The van der Waals surface area contributed by atoms with Gasteiger partial charge in [-0.1, -0.05) is 58.9 Å². The fourth-order valence-corrected chi connectivity index (χ4v) is 6.20. The van der Waals surface area contributed by atoms with Crippen molar-refractivity contribution in [2.75, 3.05) is 32.7 Å². The third-order valence-corrected chi connectivity index (χ3v) is 8.82. The van der Waals surface area contributed by atoms with Crippen molar-refractivity contribution in [3.05, 3.63) is 103 Å². The number of carbonyl (C=O) groups excluding carboxylic acids is 1. The van der Waals surface area contributed by atoms with Crippen LogP contribution in [0.5, 0.6) is 0 Å². The number of carbonyl (C=O) groups is 1. The molecule has 1 aromatic rings. The van der Waals surface area contributed by atoms with Gasteiger partial charge in [-0.3, -0.25) is 9.98 Å². The lowest BCUT2D eigenvalue weighted by atomic mass is 9.74. The summed E-state index contributed by atoms with van der Waals surface area (Å²) in [6.45, 7) is 35.3. The highest BCUT2D eigenvalue weighted by Gasteiger charge is 2.35. The molecule has 0 spiro atoms. The van der Waals surface area contributed by atoms with Crippen LogP contribution in [-0.2, 0) is 4.74 Å². The number of nitrogens with zero attached hydrogens (tertiary/aromatic N) is 4. The summed E-state index contributed by atoms with van der Waals surface area (Å²) in [7, 11) is 0. The monoisotopic (exact) mass is 692 g/mol. The summed E-state index contributed by atoms with van der Waals surface area (Å²) in [5.74, 6) is -1.30. The summed E-state index contributed by atoms with van der Waals surface area (Å²) in [6, 6.07) is 3.47. The molecule has 1 atom stereocenters. The molecular weight excluding hydrogens is 630 g/mol. The predicted octanol–water partition coefficient (Wildman–Crippen LogP) is 11.2. The first-order valence-corrected chi connectivity index (χ1v) is 17.9. The van der Waals surface area contributed by atoms with Crippen LogP contribution in [0, 0.1) is 17.0 Å². The highest BCUT2D eigenvalue weighted by molar-refractivity contribution is 6.20. The van der Waals surface area contributed by atoms with Crippen molar-refractivity contribution in [3.8, 4) is 0 Å². The maximum absolute atomic E-state index is 14.2. The maximum atomic E-state index is 14.2. The second kappa shape index (κ2) is 21.2. The van der Waals surface area contributed by atoms with Crippen molar-refractivity contribution in [1.29, 1.82) is 0 Å². The van der Waals surface area contributed by atoms with E-state index in [9.17, 15) is 13.6 Å². The van der Waals surface area contributed by atoms with E-state index in [1.54, 1.807) is 4.90 Å². The van der Waals surface area contributed by atoms with Gasteiger partial charge in [-0.25, -0.2) is 13.6 Å². The molecule has 1 aromatic carbocycles. The molecule has 6 nitrogen and oxygen atoms in total. The second-order valence-electron chi connectivity index (χ2n) is 12.9. The Kier molecular flexibility index (Phi) is 18.6. The Morgan fingerprint density at radius 2 is 1.66 bits per heavy atom. The van der Waals surface area contributed by atoms with Crippen LogP contribution in [0.15, 0.2) is 95.8 Å². The van der Waals surface area contributed by atoms with Crippen molar-refractivity contribution in [1.82, 2.24) is 9.80 Å². The molecule has 1 unspecified atom stereocenters. The highest BCUT2D eigenvalue weighted by atomic mass is 19.1. The predicted molar refractivity (Wildman–Crippen MR) is 210 cm³/mol. The molecule has 2 heterocycles. The number of aliphatic imine (C=N–C) groups is 2. The Hall–Kier alpha value is -4.07. The first-order chi connectivity index (χ1) is 23.8. The van der Waals surface area contributed by atoms with Crippen LogP contribution in [0.25, 0.3) is 5.57 Å². The van der Waals surface area contributed by atoms with Crippen molar-refractivity contribution in [2.24, 2.45) is 15.4 Å². The lowest BCUT2D eigenvalue weighted by Gasteiger charge is -2.39. The number of piperazine rings is 1. The molecule has 1 fully saturated rings. The van der Waals surface area contributed by atoms with Crippen LogP contribution in [-0.4, -0.2) is 65.6 Å². The Morgan fingerprint density at radius 3 is 2.18 bits per heavy atom. The molecule has 2 aliphatic heterocycles. The van der Waals surface area contributed by atoms with Gasteiger partial charge in [0.1, 0.15) is 17.2 Å². The third kappa shape index (κ3) is 12.1. The van der Waals surface area contributed by atoms with Gasteiger partial charge in [0, 0.05) is 79.4 Å². The molecule has 1 saturated heterocycles. The van der Waals surface area contributed by atoms with Crippen LogP contribution in [0.3, 0.4) is 0 Å². The zero-order valence-electron chi connectivity index (χ0n) is 32.3. The molecule has 0 aromatic heterocycles.